The number of nitrogens with two attached hydrogens (primary N) is 1. The number of carboxylic acids is 2. The molecule has 5 rings (SSSR count). The van der Waals surface area contributed by atoms with E-state index in [9.17, 15) is 26.3 Å². The molecule has 5 aromatic rings. The molecule has 0 aliphatic carbocycles. The van der Waals surface area contributed by atoms with Gasteiger partial charge in [0.15, 0.2) is 0 Å². The average Bonchev–Trinajstić information content (AvgIpc) is 3.37. The molecule has 0 spiro atoms. The quantitative estimate of drug-likeness (QED) is 0.180. The zero-order valence-corrected chi connectivity index (χ0v) is 21.3. The predicted octanol–water partition coefficient (Wildman–Crippen LogP) is 6.29. The van der Waals surface area contributed by atoms with Crippen LogP contribution in [0.3, 0.4) is 0 Å². The van der Waals surface area contributed by atoms with Crippen molar-refractivity contribution in [3.05, 3.63) is 96.4 Å². The molecule has 1 unspecified atom stereocenters. The minimum Gasteiger partial charge on any atom is -0.475 e. The molecule has 5 N–H and O–H groups in total. The Hall–Kier alpha value is -4.98. The maximum atomic E-state index is 10.6. The normalized spacial score (nSPS) is 12.1. The fourth-order valence-corrected chi connectivity index (χ4v) is 3.69. The van der Waals surface area contributed by atoms with Gasteiger partial charge in [-0.05, 0) is 47.4 Å². The van der Waals surface area contributed by atoms with Gasteiger partial charge in [-0.15, -0.1) is 0 Å². The molecule has 0 fully saturated rings. The Balaban J connectivity index is 0.000000289. The smallest absolute Gasteiger partial charge is 0.475 e. The highest BCUT2D eigenvalue weighted by atomic mass is 19.4. The van der Waals surface area contributed by atoms with Crippen LogP contribution in [0.15, 0.2) is 85.1 Å². The highest BCUT2D eigenvalue weighted by Gasteiger charge is 2.38. The maximum absolute atomic E-state index is 10.6. The second-order valence-corrected chi connectivity index (χ2v) is 8.63. The van der Waals surface area contributed by atoms with Crippen LogP contribution >= 0.6 is 0 Å². The molecule has 220 valence electrons. The Morgan fingerprint density at radius 3 is 2.02 bits per heavy atom. The number of hydrogen-bond acceptors (Lipinski definition) is 5. The number of aliphatic carboxylic acids is 2. The monoisotopic (exact) mass is 592 g/mol. The van der Waals surface area contributed by atoms with E-state index in [0.717, 1.165) is 45.3 Å². The van der Waals surface area contributed by atoms with Gasteiger partial charge in [0, 0.05) is 11.6 Å². The summed E-state index contributed by atoms with van der Waals surface area (Å²) in [6, 6.07) is 26.7. The van der Waals surface area contributed by atoms with Gasteiger partial charge >= 0.3 is 24.3 Å². The van der Waals surface area contributed by atoms with Crippen LogP contribution in [0.2, 0.25) is 0 Å². The van der Waals surface area contributed by atoms with E-state index in [-0.39, 0.29) is 6.04 Å². The van der Waals surface area contributed by atoms with Crippen LogP contribution in [-0.2, 0) is 16.0 Å². The van der Waals surface area contributed by atoms with Gasteiger partial charge in [-0.3, -0.25) is 4.98 Å². The number of nitrogens with one attached hydrogen (secondary N) is 1. The zero-order valence-electron chi connectivity index (χ0n) is 21.3. The Bertz CT molecular complexity index is 1640. The lowest BCUT2D eigenvalue weighted by molar-refractivity contribution is -0.193. The molecule has 2 heterocycles. The summed E-state index contributed by atoms with van der Waals surface area (Å²) >= 11 is 0. The van der Waals surface area contributed by atoms with E-state index in [0.29, 0.717) is 0 Å². The second kappa shape index (κ2) is 13.1. The van der Waals surface area contributed by atoms with E-state index in [4.69, 9.17) is 30.5 Å². The first-order valence-electron chi connectivity index (χ1n) is 11.9. The number of aromatic amines is 1. The summed E-state index contributed by atoms with van der Waals surface area (Å²) in [6.07, 6.45) is -7.59. The first kappa shape index (κ1) is 31.5. The number of alkyl halides is 6. The Labute approximate surface area is 233 Å². The average molecular weight is 592 g/mol. The van der Waals surface area contributed by atoms with E-state index in [1.807, 2.05) is 42.6 Å². The molecule has 3 aromatic carbocycles. The number of rotatable bonds is 4. The SMILES string of the molecule is NC(Cc1ccccc1)c1nc2ccc(-c3cccc4ncccc34)cc2[nH]1.O=C(O)C(F)(F)F.O=C(O)C(F)(F)F. The summed E-state index contributed by atoms with van der Waals surface area (Å²) in [5.74, 6) is -4.70. The molecule has 0 aliphatic heterocycles. The molecule has 42 heavy (non-hydrogen) atoms. The van der Waals surface area contributed by atoms with E-state index in [1.54, 1.807) is 0 Å². The predicted molar refractivity (Wildman–Crippen MR) is 141 cm³/mol. The third-order valence-electron chi connectivity index (χ3n) is 5.59. The minimum atomic E-state index is -5.08. The number of halogens is 6. The Kier molecular flexibility index (Phi) is 9.86. The van der Waals surface area contributed by atoms with Crippen LogP contribution in [0.4, 0.5) is 26.3 Å². The molecule has 1 atom stereocenters. The summed E-state index contributed by atoms with van der Waals surface area (Å²) in [4.78, 5) is 30.4. The third-order valence-corrected chi connectivity index (χ3v) is 5.59. The number of pyridine rings is 1. The standard InChI is InChI=1S/C24H20N4.2C2HF3O2/c25-20(14-16-6-2-1-3-7-16)24-27-22-12-11-17(15-23(22)28-24)18-8-4-10-21-19(18)9-5-13-26-21;2*3-2(4,5)1(6)7/h1-13,15,20H,14,25H2,(H,27,28);2*(H,6,7). The molecule has 8 nitrogen and oxygen atoms in total. The fourth-order valence-electron chi connectivity index (χ4n) is 3.69. The highest BCUT2D eigenvalue weighted by Crippen LogP contribution is 2.30. The summed E-state index contributed by atoms with van der Waals surface area (Å²) < 4.78 is 63.5. The number of fused-ring (bicyclic) bond motifs is 2. The van der Waals surface area contributed by atoms with Gasteiger partial charge in [0.25, 0.3) is 0 Å². The number of nitrogens with zero attached hydrogens (tertiary/aromatic N) is 2. The van der Waals surface area contributed by atoms with Crippen molar-refractivity contribution in [2.24, 2.45) is 5.73 Å². The molecule has 0 saturated heterocycles. The molecule has 0 bridgehead atoms. The van der Waals surface area contributed by atoms with Crippen LogP contribution in [-0.4, -0.2) is 49.5 Å². The number of aromatic nitrogens is 3. The molecule has 2 aromatic heterocycles. The van der Waals surface area contributed by atoms with Gasteiger partial charge in [-0.1, -0.05) is 54.6 Å². The van der Waals surface area contributed by atoms with E-state index < -0.39 is 24.3 Å². The second-order valence-electron chi connectivity index (χ2n) is 8.63. The van der Waals surface area contributed by atoms with Crippen molar-refractivity contribution in [1.82, 2.24) is 15.0 Å². The Morgan fingerprint density at radius 1 is 0.810 bits per heavy atom. The van der Waals surface area contributed by atoms with Gasteiger partial charge in [-0.2, -0.15) is 26.3 Å². The van der Waals surface area contributed by atoms with Gasteiger partial charge in [0.2, 0.25) is 0 Å². The molecule has 0 saturated carbocycles. The molecule has 14 heteroatoms. The van der Waals surface area contributed by atoms with Crippen molar-refractivity contribution in [3.63, 3.8) is 0 Å². The lowest BCUT2D eigenvalue weighted by atomic mass is 10.0. The summed E-state index contributed by atoms with van der Waals surface area (Å²) in [7, 11) is 0. The van der Waals surface area contributed by atoms with E-state index in [1.165, 1.54) is 5.56 Å². The molecule has 0 amide bonds. The number of carbonyl (C=O) groups is 2. The van der Waals surface area contributed by atoms with Crippen LogP contribution in [0, 0.1) is 0 Å². The summed E-state index contributed by atoms with van der Waals surface area (Å²) in [6.45, 7) is 0. The van der Waals surface area contributed by atoms with Crippen LogP contribution < -0.4 is 5.73 Å². The first-order valence-corrected chi connectivity index (χ1v) is 11.9. The topological polar surface area (TPSA) is 142 Å². The van der Waals surface area contributed by atoms with Gasteiger partial charge in [0.05, 0.1) is 22.6 Å². The number of imidazole rings is 1. The summed E-state index contributed by atoms with van der Waals surface area (Å²) in [5.41, 5.74) is 12.8. The number of hydrogen-bond donors (Lipinski definition) is 4. The Morgan fingerprint density at radius 2 is 1.43 bits per heavy atom. The van der Waals surface area contributed by atoms with Crippen molar-refractivity contribution < 1.29 is 46.1 Å². The highest BCUT2D eigenvalue weighted by molar-refractivity contribution is 5.96. The number of benzene rings is 3. The first-order chi connectivity index (χ1) is 19.7. The number of H-pyrrole nitrogens is 1. The van der Waals surface area contributed by atoms with Crippen LogP contribution in [0.1, 0.15) is 17.4 Å². The third kappa shape index (κ3) is 8.51. The molecule has 0 aliphatic rings. The largest absolute Gasteiger partial charge is 0.490 e. The lowest BCUT2D eigenvalue weighted by Gasteiger charge is -2.08. The number of carboxylic acid groups (broad SMARTS) is 2. The van der Waals surface area contributed by atoms with Gasteiger partial charge in [0.1, 0.15) is 5.82 Å². The van der Waals surface area contributed by atoms with Crippen molar-refractivity contribution >= 4 is 33.9 Å². The zero-order chi connectivity index (χ0) is 31.1. The van der Waals surface area contributed by atoms with Gasteiger partial charge < -0.3 is 20.9 Å². The molecule has 0 radical (unpaired) electrons. The maximum Gasteiger partial charge on any atom is 0.490 e. The van der Waals surface area contributed by atoms with E-state index in [2.05, 4.69) is 52.4 Å². The van der Waals surface area contributed by atoms with Crippen LogP contribution in [0.25, 0.3) is 33.1 Å². The summed E-state index contributed by atoms with van der Waals surface area (Å²) in [5, 5.41) is 15.4. The minimum absolute atomic E-state index is 0.167. The fraction of sp³-hybridized carbons (Fsp3) is 0.143. The van der Waals surface area contributed by atoms with Crippen molar-refractivity contribution in [2.75, 3.05) is 0 Å². The van der Waals surface area contributed by atoms with Crippen molar-refractivity contribution in [2.45, 2.75) is 24.8 Å². The van der Waals surface area contributed by atoms with Crippen molar-refractivity contribution in [3.8, 4) is 11.1 Å². The van der Waals surface area contributed by atoms with E-state index >= 15 is 0 Å². The van der Waals surface area contributed by atoms with Crippen molar-refractivity contribution in [1.29, 1.82) is 0 Å². The van der Waals surface area contributed by atoms with Crippen LogP contribution in [0.5, 0.6) is 0 Å². The molecular weight excluding hydrogens is 570 g/mol. The van der Waals surface area contributed by atoms with Gasteiger partial charge in [-0.25, -0.2) is 14.6 Å². The lowest BCUT2D eigenvalue weighted by Crippen LogP contribution is -2.21. The molecular formula is C28H22F6N4O4.